The third kappa shape index (κ3) is 3.30. The van der Waals surface area contributed by atoms with Gasteiger partial charge in [-0.1, -0.05) is 12.8 Å². The lowest BCUT2D eigenvalue weighted by Gasteiger charge is -2.26. The lowest BCUT2D eigenvalue weighted by Crippen LogP contribution is -2.50. The number of carboxylic acid groups (broad SMARTS) is 1. The van der Waals surface area contributed by atoms with Crippen LogP contribution in [0.25, 0.3) is 0 Å². The van der Waals surface area contributed by atoms with Crippen LogP contribution in [0.4, 0.5) is 4.79 Å². The van der Waals surface area contributed by atoms with Crippen molar-refractivity contribution in [3.63, 3.8) is 0 Å². The minimum atomic E-state index is -0.954. The minimum Gasteiger partial charge on any atom is -0.480 e. The number of nitrogens with one attached hydrogen (secondary N) is 1. The van der Waals surface area contributed by atoms with Crippen LogP contribution in [0.15, 0.2) is 0 Å². The summed E-state index contributed by atoms with van der Waals surface area (Å²) in [6, 6.07) is -1.09. The van der Waals surface area contributed by atoms with Gasteiger partial charge in [0, 0.05) is 5.75 Å². The van der Waals surface area contributed by atoms with Gasteiger partial charge in [-0.05, 0) is 13.3 Å². The molecule has 1 rings (SSSR count). The summed E-state index contributed by atoms with van der Waals surface area (Å²) in [4.78, 5) is 24.3. The van der Waals surface area contributed by atoms with Crippen LogP contribution >= 0.6 is 11.8 Å². The Kier molecular flexibility index (Phi) is 5.16. The van der Waals surface area contributed by atoms with Crippen molar-refractivity contribution in [1.82, 2.24) is 10.2 Å². The fraction of sp³-hybridized carbons (Fsp3) is 0.636. The summed E-state index contributed by atoms with van der Waals surface area (Å²) < 4.78 is 0. The maximum Gasteiger partial charge on any atom is 0.327 e. The van der Waals surface area contributed by atoms with Crippen LogP contribution in [0, 0.1) is 11.8 Å². The van der Waals surface area contributed by atoms with Crippen molar-refractivity contribution >= 4 is 23.8 Å². The van der Waals surface area contributed by atoms with Crippen LogP contribution in [0.2, 0.25) is 0 Å². The molecule has 5 nitrogen and oxygen atoms in total. The fourth-order valence-electron chi connectivity index (χ4n) is 1.64. The fourth-order valence-corrected chi connectivity index (χ4v) is 2.99. The van der Waals surface area contributed by atoms with Gasteiger partial charge in [-0.3, -0.25) is 4.90 Å². The Morgan fingerprint density at radius 2 is 2.29 bits per heavy atom. The Balaban J connectivity index is 2.69. The van der Waals surface area contributed by atoms with Crippen LogP contribution in [-0.2, 0) is 4.79 Å². The molecule has 2 atom stereocenters. The molecule has 0 aromatic rings. The zero-order valence-corrected chi connectivity index (χ0v) is 10.7. The van der Waals surface area contributed by atoms with Gasteiger partial charge in [0.2, 0.25) is 0 Å². The zero-order chi connectivity index (χ0) is 12.8. The minimum absolute atomic E-state index is 0.0642. The van der Waals surface area contributed by atoms with Crippen molar-refractivity contribution < 1.29 is 14.7 Å². The largest absolute Gasteiger partial charge is 0.480 e. The molecular weight excluding hydrogens is 240 g/mol. The van der Waals surface area contributed by atoms with Crippen molar-refractivity contribution in [3.8, 4) is 11.8 Å². The Labute approximate surface area is 105 Å². The van der Waals surface area contributed by atoms with Gasteiger partial charge in [0.15, 0.2) is 0 Å². The molecule has 6 heteroatoms. The van der Waals surface area contributed by atoms with Crippen LogP contribution in [0.1, 0.15) is 20.3 Å². The highest BCUT2D eigenvalue weighted by Gasteiger charge is 2.40. The highest BCUT2D eigenvalue weighted by Crippen LogP contribution is 2.31. The predicted molar refractivity (Wildman–Crippen MR) is 66.6 cm³/mol. The van der Waals surface area contributed by atoms with E-state index in [1.54, 1.807) is 6.92 Å². The monoisotopic (exact) mass is 256 g/mol. The number of aliphatic carboxylic acids is 1. The number of carbonyl (C=O) groups is 2. The van der Waals surface area contributed by atoms with Gasteiger partial charge in [-0.25, -0.2) is 9.59 Å². The lowest BCUT2D eigenvalue weighted by molar-refractivity contribution is -0.141. The van der Waals surface area contributed by atoms with Crippen molar-refractivity contribution in [1.29, 1.82) is 0 Å². The summed E-state index contributed by atoms with van der Waals surface area (Å²) in [5.41, 5.74) is 0. The number of carbonyl (C=O) groups excluding carboxylic acids is 1. The lowest BCUT2D eigenvalue weighted by atomic mass is 10.3. The second kappa shape index (κ2) is 6.40. The van der Waals surface area contributed by atoms with Gasteiger partial charge in [0.1, 0.15) is 6.04 Å². The molecule has 0 spiro atoms. The third-order valence-corrected chi connectivity index (χ3v) is 3.92. The van der Waals surface area contributed by atoms with Gasteiger partial charge in [0.05, 0.1) is 11.9 Å². The first kappa shape index (κ1) is 13.7. The van der Waals surface area contributed by atoms with E-state index in [2.05, 4.69) is 17.2 Å². The SMILES string of the molecule is CC#CCNC(=O)N1C(CC)SCC1C(=O)O. The Bertz CT molecular complexity index is 361. The molecular formula is C11H16N2O3S. The first-order valence-electron chi connectivity index (χ1n) is 5.42. The zero-order valence-electron chi connectivity index (χ0n) is 9.90. The van der Waals surface area contributed by atoms with Gasteiger partial charge < -0.3 is 10.4 Å². The van der Waals surface area contributed by atoms with Gasteiger partial charge in [-0.15, -0.1) is 17.7 Å². The molecule has 0 aliphatic carbocycles. The van der Waals surface area contributed by atoms with E-state index in [1.165, 1.54) is 16.7 Å². The molecule has 0 saturated carbocycles. The highest BCUT2D eigenvalue weighted by molar-refractivity contribution is 8.00. The van der Waals surface area contributed by atoms with E-state index in [0.717, 1.165) is 6.42 Å². The maximum atomic E-state index is 11.9. The van der Waals surface area contributed by atoms with E-state index < -0.39 is 12.0 Å². The molecule has 2 N–H and O–H groups in total. The van der Waals surface area contributed by atoms with Crippen LogP contribution in [0.5, 0.6) is 0 Å². The first-order valence-corrected chi connectivity index (χ1v) is 6.46. The van der Waals surface area contributed by atoms with Gasteiger partial charge in [-0.2, -0.15) is 0 Å². The Hall–Kier alpha value is -1.35. The Morgan fingerprint density at radius 3 is 2.82 bits per heavy atom. The number of thioether (sulfide) groups is 1. The van der Waals surface area contributed by atoms with Crippen LogP contribution in [0.3, 0.4) is 0 Å². The molecule has 1 saturated heterocycles. The molecule has 0 aromatic heterocycles. The topological polar surface area (TPSA) is 69.6 Å². The highest BCUT2D eigenvalue weighted by atomic mass is 32.2. The smallest absolute Gasteiger partial charge is 0.327 e. The normalized spacial score (nSPS) is 22.8. The average Bonchev–Trinajstić information content (AvgIpc) is 2.72. The molecule has 0 radical (unpaired) electrons. The van der Waals surface area contributed by atoms with E-state index in [4.69, 9.17) is 5.11 Å². The molecule has 1 aliphatic heterocycles. The number of urea groups is 1. The summed E-state index contributed by atoms with van der Waals surface area (Å²) in [5, 5.41) is 11.6. The maximum absolute atomic E-state index is 11.9. The van der Waals surface area contributed by atoms with Crippen molar-refractivity contribution in [3.05, 3.63) is 0 Å². The Morgan fingerprint density at radius 1 is 1.59 bits per heavy atom. The summed E-state index contributed by atoms with van der Waals surface area (Å²) in [6.07, 6.45) is 0.737. The van der Waals surface area contributed by atoms with Gasteiger partial charge in [0.25, 0.3) is 0 Å². The first-order chi connectivity index (χ1) is 8.11. The summed E-state index contributed by atoms with van der Waals surface area (Å²) in [7, 11) is 0. The number of carboxylic acids is 1. The van der Waals surface area contributed by atoms with Gasteiger partial charge >= 0.3 is 12.0 Å². The number of amides is 2. The molecule has 0 bridgehead atoms. The number of nitrogens with zero attached hydrogens (tertiary/aromatic N) is 1. The van der Waals surface area contributed by atoms with E-state index in [-0.39, 0.29) is 17.9 Å². The number of hydrogen-bond acceptors (Lipinski definition) is 3. The van der Waals surface area contributed by atoms with Crippen molar-refractivity contribution in [2.24, 2.45) is 0 Å². The van der Waals surface area contributed by atoms with E-state index in [1.807, 2.05) is 6.92 Å². The quantitative estimate of drug-likeness (QED) is 0.738. The molecule has 1 fully saturated rings. The molecule has 17 heavy (non-hydrogen) atoms. The molecule has 1 heterocycles. The number of hydrogen-bond donors (Lipinski definition) is 2. The molecule has 2 unspecified atom stereocenters. The molecule has 0 aromatic carbocycles. The second-order valence-electron chi connectivity index (χ2n) is 3.54. The van der Waals surface area contributed by atoms with Crippen LogP contribution in [-0.4, -0.2) is 45.7 Å². The summed E-state index contributed by atoms with van der Waals surface area (Å²) in [5.74, 6) is 4.88. The summed E-state index contributed by atoms with van der Waals surface area (Å²) >= 11 is 1.50. The molecule has 94 valence electrons. The van der Waals surface area contributed by atoms with Crippen molar-refractivity contribution in [2.45, 2.75) is 31.7 Å². The standard InChI is InChI=1S/C11H16N2O3S/c1-3-5-6-12-11(16)13-8(10(14)15)7-17-9(13)4-2/h8-9H,4,6-7H2,1-2H3,(H,12,16)(H,14,15). The van der Waals surface area contributed by atoms with Crippen molar-refractivity contribution in [2.75, 3.05) is 12.3 Å². The predicted octanol–water partition coefficient (Wildman–Crippen LogP) is 0.957. The molecule has 2 amide bonds. The van der Waals surface area contributed by atoms with Crippen LogP contribution < -0.4 is 5.32 Å². The third-order valence-electron chi connectivity index (χ3n) is 2.47. The van der Waals surface area contributed by atoms with E-state index in [0.29, 0.717) is 5.75 Å². The summed E-state index contributed by atoms with van der Waals surface area (Å²) in [6.45, 7) is 3.88. The molecule has 1 aliphatic rings. The second-order valence-corrected chi connectivity index (χ2v) is 4.75. The number of rotatable bonds is 3. The van der Waals surface area contributed by atoms with E-state index >= 15 is 0 Å². The average molecular weight is 256 g/mol. The van der Waals surface area contributed by atoms with E-state index in [9.17, 15) is 9.59 Å².